The number of aromatic nitrogens is 1. The number of aryl methyl sites for hydroxylation is 1. The van der Waals surface area contributed by atoms with Crippen molar-refractivity contribution in [2.24, 2.45) is 0 Å². The van der Waals surface area contributed by atoms with Crippen molar-refractivity contribution in [3.05, 3.63) is 51.9 Å². The van der Waals surface area contributed by atoms with Crippen LogP contribution in [0.4, 0.5) is 0 Å². The highest BCUT2D eigenvalue weighted by atomic mass is 16.5. The van der Waals surface area contributed by atoms with Gasteiger partial charge in [-0.1, -0.05) is 12.1 Å². The van der Waals surface area contributed by atoms with Gasteiger partial charge in [0, 0.05) is 43.0 Å². The zero-order valence-corrected chi connectivity index (χ0v) is 23.7. The van der Waals surface area contributed by atoms with E-state index < -0.39 is 23.7 Å². The summed E-state index contributed by atoms with van der Waals surface area (Å²) in [6.07, 6.45) is 0.616. The topological polar surface area (TPSA) is 131 Å². The molecule has 11 nitrogen and oxygen atoms in total. The second-order valence-electron chi connectivity index (χ2n) is 9.73. The molecule has 2 aromatic rings. The third kappa shape index (κ3) is 5.44. The molecule has 0 aliphatic carbocycles. The molecule has 216 valence electrons. The standard InChI is InChI=1S/C29H37N3O8/c1-6-40-29(36)23-17(2)21(18(3)30-23)25(33)22-24(19-9-7-10-20(37-4)27(19)38-5)32(28(35)26(22)34)12-8-11-31-13-15-39-16-14-31/h7,9-10,24,30,33H,6,8,11-16H2,1-5H3/b25-22+/t24-/m1/s1. The second kappa shape index (κ2) is 12.6. The molecular weight excluding hydrogens is 518 g/mol. The molecule has 0 spiro atoms. The van der Waals surface area contributed by atoms with E-state index in [9.17, 15) is 19.5 Å². The first-order chi connectivity index (χ1) is 19.2. The Balaban J connectivity index is 1.82. The highest BCUT2D eigenvalue weighted by molar-refractivity contribution is 6.46. The van der Waals surface area contributed by atoms with Gasteiger partial charge in [0.1, 0.15) is 11.5 Å². The summed E-state index contributed by atoms with van der Waals surface area (Å²) >= 11 is 0. The maximum absolute atomic E-state index is 13.6. The number of Topliss-reactive ketones (excluding diaryl/α,β-unsaturated/α-hetero) is 1. The third-order valence-electron chi connectivity index (χ3n) is 7.40. The van der Waals surface area contributed by atoms with Gasteiger partial charge in [0.25, 0.3) is 11.7 Å². The van der Waals surface area contributed by atoms with Gasteiger partial charge in [0.2, 0.25) is 0 Å². The van der Waals surface area contributed by atoms with E-state index in [2.05, 4.69) is 9.88 Å². The summed E-state index contributed by atoms with van der Waals surface area (Å²) in [6.45, 7) is 9.17. The number of ketones is 1. The minimum absolute atomic E-state index is 0.0801. The maximum Gasteiger partial charge on any atom is 0.355 e. The predicted octanol–water partition coefficient (Wildman–Crippen LogP) is 2.97. The van der Waals surface area contributed by atoms with Gasteiger partial charge in [-0.2, -0.15) is 0 Å². The number of H-pyrrole nitrogens is 1. The van der Waals surface area contributed by atoms with Gasteiger partial charge < -0.3 is 33.9 Å². The molecule has 4 rings (SSSR count). The molecule has 2 fully saturated rings. The van der Waals surface area contributed by atoms with Gasteiger partial charge in [-0.3, -0.25) is 14.5 Å². The summed E-state index contributed by atoms with van der Waals surface area (Å²) in [7, 11) is 2.99. The van der Waals surface area contributed by atoms with Crippen LogP contribution in [0.2, 0.25) is 0 Å². The van der Waals surface area contributed by atoms with Crippen LogP contribution in [0.5, 0.6) is 11.5 Å². The summed E-state index contributed by atoms with van der Waals surface area (Å²) in [5.74, 6) is -1.68. The number of ether oxygens (including phenoxy) is 4. The number of para-hydroxylation sites is 1. The predicted molar refractivity (Wildman–Crippen MR) is 147 cm³/mol. The number of esters is 1. The number of aromatic amines is 1. The number of likely N-dealkylation sites (tertiary alicyclic amines) is 1. The van der Waals surface area contributed by atoms with Crippen LogP contribution in [0.1, 0.15) is 52.3 Å². The molecule has 3 heterocycles. The van der Waals surface area contributed by atoms with Crippen LogP contribution in [0, 0.1) is 13.8 Å². The maximum atomic E-state index is 13.6. The highest BCUT2D eigenvalue weighted by Crippen LogP contribution is 2.46. The Kier molecular flexibility index (Phi) is 9.16. The summed E-state index contributed by atoms with van der Waals surface area (Å²) < 4.78 is 21.7. The SMILES string of the molecule is CCOC(=O)c1[nH]c(C)c(/C(O)=C2\C(=O)C(=O)N(CCCN3CCOCC3)[C@@H]2c2cccc(OC)c2OC)c1C. The molecule has 11 heteroatoms. The molecule has 1 atom stereocenters. The van der Waals surface area contributed by atoms with Gasteiger partial charge in [0.15, 0.2) is 11.5 Å². The average molecular weight is 556 g/mol. The zero-order chi connectivity index (χ0) is 29.0. The molecule has 2 N–H and O–H groups in total. The molecule has 2 aliphatic rings. The Morgan fingerprint density at radius 2 is 1.85 bits per heavy atom. The largest absolute Gasteiger partial charge is 0.507 e. The molecule has 40 heavy (non-hydrogen) atoms. The van der Waals surface area contributed by atoms with Crippen molar-refractivity contribution in [1.82, 2.24) is 14.8 Å². The van der Waals surface area contributed by atoms with Crippen LogP contribution in [0.15, 0.2) is 23.8 Å². The number of nitrogens with zero attached hydrogens (tertiary/aromatic N) is 2. The van der Waals surface area contributed by atoms with Crippen molar-refractivity contribution in [3.8, 4) is 11.5 Å². The minimum atomic E-state index is -0.936. The Hall–Kier alpha value is -3.83. The highest BCUT2D eigenvalue weighted by Gasteiger charge is 2.47. The zero-order valence-electron chi connectivity index (χ0n) is 23.7. The van der Waals surface area contributed by atoms with Crippen LogP contribution in [-0.4, -0.2) is 97.8 Å². The molecule has 1 aromatic carbocycles. The number of hydrogen-bond donors (Lipinski definition) is 2. The third-order valence-corrected chi connectivity index (χ3v) is 7.40. The fourth-order valence-corrected chi connectivity index (χ4v) is 5.50. The lowest BCUT2D eigenvalue weighted by atomic mass is 9.93. The van der Waals surface area contributed by atoms with Crippen molar-refractivity contribution < 1.29 is 38.4 Å². The van der Waals surface area contributed by atoms with Crippen LogP contribution in [0.3, 0.4) is 0 Å². The van der Waals surface area contributed by atoms with E-state index in [0.717, 1.165) is 19.6 Å². The van der Waals surface area contributed by atoms with Crippen molar-refractivity contribution >= 4 is 23.4 Å². The van der Waals surface area contributed by atoms with Crippen molar-refractivity contribution in [2.75, 3.05) is 60.2 Å². The number of carbonyl (C=O) groups is 3. The van der Waals surface area contributed by atoms with Gasteiger partial charge in [-0.15, -0.1) is 0 Å². The summed E-state index contributed by atoms with van der Waals surface area (Å²) in [4.78, 5) is 46.3. The number of methoxy groups -OCH3 is 2. The van der Waals surface area contributed by atoms with Crippen LogP contribution >= 0.6 is 0 Å². The fourth-order valence-electron chi connectivity index (χ4n) is 5.50. The molecule has 0 unspecified atom stereocenters. The number of carbonyl (C=O) groups excluding carboxylic acids is 3. The number of rotatable bonds is 10. The number of aliphatic hydroxyl groups is 1. The van der Waals surface area contributed by atoms with Crippen LogP contribution < -0.4 is 9.47 Å². The molecule has 0 radical (unpaired) electrons. The van der Waals surface area contributed by atoms with E-state index in [-0.39, 0.29) is 35.7 Å². The second-order valence-corrected chi connectivity index (χ2v) is 9.73. The molecule has 1 amide bonds. The van der Waals surface area contributed by atoms with Gasteiger partial charge >= 0.3 is 5.97 Å². The van der Waals surface area contributed by atoms with Gasteiger partial charge in [-0.25, -0.2) is 4.79 Å². The quantitative estimate of drug-likeness (QED) is 0.197. The van der Waals surface area contributed by atoms with Crippen molar-refractivity contribution in [1.29, 1.82) is 0 Å². The Morgan fingerprint density at radius 3 is 2.50 bits per heavy atom. The molecule has 1 aromatic heterocycles. The lowest BCUT2D eigenvalue weighted by Gasteiger charge is -2.30. The number of amides is 1. The Bertz CT molecular complexity index is 1310. The number of morpholine rings is 1. The molecule has 0 bridgehead atoms. The monoisotopic (exact) mass is 555 g/mol. The first kappa shape index (κ1) is 29.2. The first-order valence-electron chi connectivity index (χ1n) is 13.4. The fraction of sp³-hybridized carbons (Fsp3) is 0.483. The van der Waals surface area contributed by atoms with Gasteiger partial charge in [0.05, 0.1) is 45.7 Å². The van der Waals surface area contributed by atoms with E-state index in [1.807, 2.05) is 0 Å². The first-order valence-corrected chi connectivity index (χ1v) is 13.4. The lowest BCUT2D eigenvalue weighted by molar-refractivity contribution is -0.140. The molecule has 0 saturated carbocycles. The molecule has 2 saturated heterocycles. The van der Waals surface area contributed by atoms with E-state index in [0.29, 0.717) is 48.0 Å². The van der Waals surface area contributed by atoms with Crippen molar-refractivity contribution in [2.45, 2.75) is 33.2 Å². The number of hydrogen-bond acceptors (Lipinski definition) is 9. The molecular formula is C29H37N3O8. The normalized spacial score (nSPS) is 19.2. The Morgan fingerprint density at radius 1 is 1.12 bits per heavy atom. The van der Waals surface area contributed by atoms with E-state index in [1.54, 1.807) is 39.0 Å². The van der Waals surface area contributed by atoms with Gasteiger partial charge in [-0.05, 0) is 38.8 Å². The van der Waals surface area contributed by atoms with Crippen LogP contribution in [0.25, 0.3) is 5.76 Å². The Labute approximate surface area is 233 Å². The van der Waals surface area contributed by atoms with E-state index in [4.69, 9.17) is 18.9 Å². The van der Waals surface area contributed by atoms with E-state index in [1.165, 1.54) is 19.1 Å². The number of benzene rings is 1. The lowest BCUT2D eigenvalue weighted by Crippen LogP contribution is -2.39. The summed E-state index contributed by atoms with van der Waals surface area (Å²) in [6, 6.07) is 4.28. The number of aliphatic hydroxyl groups excluding tert-OH is 1. The van der Waals surface area contributed by atoms with Crippen molar-refractivity contribution in [3.63, 3.8) is 0 Å². The minimum Gasteiger partial charge on any atom is -0.507 e. The summed E-state index contributed by atoms with van der Waals surface area (Å²) in [5, 5.41) is 11.7. The van der Waals surface area contributed by atoms with Crippen LogP contribution in [-0.2, 0) is 19.1 Å². The smallest absolute Gasteiger partial charge is 0.355 e. The number of nitrogens with one attached hydrogen (secondary N) is 1. The average Bonchev–Trinajstić information content (AvgIpc) is 3.39. The summed E-state index contributed by atoms with van der Waals surface area (Å²) in [5.41, 5.74) is 1.77. The van der Waals surface area contributed by atoms with E-state index >= 15 is 0 Å². The molecule has 2 aliphatic heterocycles.